The quantitative estimate of drug-likeness (QED) is 0.376. The minimum absolute atomic E-state index is 0.0879. The van der Waals surface area contributed by atoms with Crippen molar-refractivity contribution in [3.63, 3.8) is 0 Å². The van der Waals surface area contributed by atoms with Crippen LogP contribution in [0.1, 0.15) is 0 Å². The van der Waals surface area contributed by atoms with Crippen molar-refractivity contribution in [1.82, 2.24) is 0 Å². The van der Waals surface area contributed by atoms with Crippen LogP contribution in [0, 0.1) is 10.1 Å². The van der Waals surface area contributed by atoms with Crippen molar-refractivity contribution >= 4 is 32.6 Å². The zero-order valence-corrected chi connectivity index (χ0v) is 9.31. The van der Waals surface area contributed by atoms with E-state index >= 15 is 0 Å². The van der Waals surface area contributed by atoms with Gasteiger partial charge in [0.05, 0.1) is 0 Å². The van der Waals surface area contributed by atoms with Crippen LogP contribution in [0.15, 0.2) is 30.9 Å². The van der Waals surface area contributed by atoms with Crippen molar-refractivity contribution in [2.45, 2.75) is 0 Å². The van der Waals surface area contributed by atoms with Gasteiger partial charge in [-0.2, -0.15) is 0 Å². The van der Waals surface area contributed by atoms with Crippen LogP contribution in [0.2, 0.25) is 0 Å². The fraction of sp³-hybridized carbons (Fsp3) is 0.111. The number of rotatable bonds is 4. The van der Waals surface area contributed by atoms with Gasteiger partial charge in [-0.15, -0.1) is 0 Å². The van der Waals surface area contributed by atoms with Gasteiger partial charge in [-0.05, 0) is 0 Å². The molecule has 1 aromatic rings. The SMILES string of the molecule is C=CCNc1ccc([As])cc1[N+](=O)[O-]. The van der Waals surface area contributed by atoms with Crippen LogP contribution in [0.3, 0.4) is 0 Å². The van der Waals surface area contributed by atoms with Gasteiger partial charge in [0.25, 0.3) is 0 Å². The number of anilines is 1. The van der Waals surface area contributed by atoms with Crippen LogP contribution in [0.25, 0.3) is 0 Å². The predicted molar refractivity (Wildman–Crippen MR) is 57.2 cm³/mol. The molecular formula is C9H9AsN2O2. The van der Waals surface area contributed by atoms with Gasteiger partial charge < -0.3 is 0 Å². The summed E-state index contributed by atoms with van der Waals surface area (Å²) in [5.74, 6) is 0. The number of hydrogen-bond donors (Lipinski definition) is 1. The van der Waals surface area contributed by atoms with E-state index in [0.717, 1.165) is 4.35 Å². The molecule has 0 aromatic heterocycles. The van der Waals surface area contributed by atoms with Crippen LogP contribution in [-0.2, 0) is 0 Å². The van der Waals surface area contributed by atoms with Crippen molar-refractivity contribution < 1.29 is 4.92 Å². The van der Waals surface area contributed by atoms with Crippen molar-refractivity contribution in [2.24, 2.45) is 0 Å². The Hall–Kier alpha value is -1.28. The van der Waals surface area contributed by atoms with Crippen molar-refractivity contribution in [2.75, 3.05) is 11.9 Å². The monoisotopic (exact) mass is 252 g/mol. The molecule has 0 bridgehead atoms. The summed E-state index contributed by atoms with van der Waals surface area (Å²) in [5.41, 5.74) is 0.606. The molecule has 0 fully saturated rings. The van der Waals surface area contributed by atoms with Crippen LogP contribution in [0.5, 0.6) is 0 Å². The van der Waals surface area contributed by atoms with Crippen molar-refractivity contribution in [3.05, 3.63) is 41.0 Å². The molecule has 0 heterocycles. The second-order valence-electron chi connectivity index (χ2n) is 2.63. The Morgan fingerprint density at radius 2 is 2.36 bits per heavy atom. The molecule has 1 N–H and O–H groups in total. The van der Waals surface area contributed by atoms with Crippen LogP contribution >= 0.6 is 0 Å². The maximum atomic E-state index is 10.7. The van der Waals surface area contributed by atoms with Crippen molar-refractivity contribution in [3.8, 4) is 0 Å². The molecule has 0 aliphatic rings. The zero-order chi connectivity index (χ0) is 10.6. The Balaban J connectivity index is 3.01. The number of nitro benzene ring substituents is 1. The van der Waals surface area contributed by atoms with Gasteiger partial charge >= 0.3 is 90.3 Å². The third-order valence-electron chi connectivity index (χ3n) is 1.61. The van der Waals surface area contributed by atoms with Crippen LogP contribution in [-0.4, -0.2) is 28.3 Å². The van der Waals surface area contributed by atoms with Crippen molar-refractivity contribution in [1.29, 1.82) is 0 Å². The van der Waals surface area contributed by atoms with Crippen LogP contribution in [0.4, 0.5) is 11.4 Å². The summed E-state index contributed by atoms with van der Waals surface area (Å²) in [6.07, 6.45) is 1.65. The third kappa shape index (κ3) is 2.60. The van der Waals surface area contributed by atoms with Gasteiger partial charge in [-0.3, -0.25) is 0 Å². The molecule has 5 heteroatoms. The standard InChI is InChI=1S/C9H9AsN2O2/c1-2-5-11-8-4-3-7(10)6-9(8)12(13)14/h2-4,6,11H,1,5H2. The Morgan fingerprint density at radius 1 is 1.64 bits per heavy atom. The van der Waals surface area contributed by atoms with Gasteiger partial charge in [-0.25, -0.2) is 0 Å². The van der Waals surface area contributed by atoms with E-state index in [9.17, 15) is 10.1 Å². The molecule has 4 nitrogen and oxygen atoms in total. The summed E-state index contributed by atoms with van der Waals surface area (Å²) in [5, 5.41) is 13.6. The maximum absolute atomic E-state index is 10.7. The number of nitrogens with one attached hydrogen (secondary N) is 1. The molecule has 0 aliphatic heterocycles. The summed E-state index contributed by atoms with van der Waals surface area (Å²) in [6, 6.07) is 5.01. The minimum atomic E-state index is -0.400. The van der Waals surface area contributed by atoms with E-state index in [4.69, 9.17) is 0 Å². The first-order valence-corrected chi connectivity index (χ1v) is 4.91. The zero-order valence-electron chi connectivity index (χ0n) is 7.43. The van der Waals surface area contributed by atoms with E-state index in [1.165, 1.54) is 6.07 Å². The van der Waals surface area contributed by atoms with E-state index in [-0.39, 0.29) is 5.69 Å². The third-order valence-corrected chi connectivity index (χ3v) is 2.20. The Labute approximate surface area is 90.7 Å². The van der Waals surface area contributed by atoms with E-state index in [0.29, 0.717) is 12.2 Å². The molecule has 0 atom stereocenters. The van der Waals surface area contributed by atoms with E-state index < -0.39 is 4.92 Å². The topological polar surface area (TPSA) is 55.2 Å². The van der Waals surface area contributed by atoms with Crippen LogP contribution < -0.4 is 9.67 Å². The number of nitrogens with zero attached hydrogens (tertiary/aromatic N) is 1. The first kappa shape index (κ1) is 10.8. The van der Waals surface area contributed by atoms with Gasteiger partial charge in [0.1, 0.15) is 0 Å². The Morgan fingerprint density at radius 3 is 2.93 bits per heavy atom. The number of benzene rings is 1. The summed E-state index contributed by atoms with van der Waals surface area (Å²) < 4.78 is 0.813. The average Bonchev–Trinajstić information content (AvgIpc) is 2.15. The van der Waals surface area contributed by atoms with E-state index in [1.807, 2.05) is 0 Å². The normalized spacial score (nSPS) is 9.50. The first-order valence-electron chi connectivity index (χ1n) is 3.97. The molecule has 0 unspecified atom stereocenters. The molecule has 0 spiro atoms. The Bertz CT molecular complexity index is 366. The second-order valence-corrected chi connectivity index (χ2v) is 3.71. The molecular weight excluding hydrogens is 243 g/mol. The Kier molecular flexibility index (Phi) is 3.71. The molecule has 2 radical (unpaired) electrons. The van der Waals surface area contributed by atoms with E-state index in [1.54, 1.807) is 18.2 Å². The molecule has 14 heavy (non-hydrogen) atoms. The van der Waals surface area contributed by atoms with Gasteiger partial charge in [0.2, 0.25) is 0 Å². The summed E-state index contributed by atoms with van der Waals surface area (Å²) in [6.45, 7) is 4.05. The fourth-order valence-electron chi connectivity index (χ4n) is 1.00. The average molecular weight is 252 g/mol. The number of hydrogen-bond acceptors (Lipinski definition) is 3. The number of nitro groups is 1. The summed E-state index contributed by atoms with van der Waals surface area (Å²) >= 11 is 2.28. The van der Waals surface area contributed by atoms with Gasteiger partial charge in [0, 0.05) is 0 Å². The molecule has 1 aromatic carbocycles. The van der Waals surface area contributed by atoms with Gasteiger partial charge in [0.15, 0.2) is 0 Å². The molecule has 72 valence electrons. The second kappa shape index (κ2) is 4.82. The molecule has 0 saturated carbocycles. The predicted octanol–water partition coefficient (Wildman–Crippen LogP) is 0.986. The molecule has 0 aliphatic carbocycles. The van der Waals surface area contributed by atoms with E-state index in [2.05, 4.69) is 28.7 Å². The molecule has 0 amide bonds. The first-order chi connectivity index (χ1) is 6.65. The van der Waals surface area contributed by atoms with Gasteiger partial charge in [-0.1, -0.05) is 0 Å². The summed E-state index contributed by atoms with van der Waals surface area (Å²) in [7, 11) is 0. The fourth-order valence-corrected chi connectivity index (χ4v) is 1.42. The molecule has 1 rings (SSSR count). The summed E-state index contributed by atoms with van der Waals surface area (Å²) in [4.78, 5) is 10.3. The molecule has 0 saturated heterocycles.